The highest BCUT2D eigenvalue weighted by molar-refractivity contribution is 5.65. The number of hydrogen-bond donors (Lipinski definition) is 4. The van der Waals surface area contributed by atoms with Crippen molar-refractivity contribution in [2.24, 2.45) is 0 Å². The molecule has 0 radical (unpaired) electrons. The lowest BCUT2D eigenvalue weighted by Gasteiger charge is -2.22. The highest BCUT2D eigenvalue weighted by Crippen LogP contribution is 2.41. The second-order valence-corrected chi connectivity index (χ2v) is 7.06. The molecule has 0 aliphatic carbocycles. The van der Waals surface area contributed by atoms with Gasteiger partial charge in [0.05, 0.1) is 0 Å². The molecule has 0 aliphatic heterocycles. The lowest BCUT2D eigenvalue weighted by Crippen LogP contribution is -2.05. The van der Waals surface area contributed by atoms with Gasteiger partial charge in [-0.05, 0) is 28.8 Å². The average Bonchev–Trinajstić information content (AvgIpc) is 2.72. The zero-order chi connectivity index (χ0) is 20.4. The second kappa shape index (κ2) is 7.60. The third kappa shape index (κ3) is 3.73. The Labute approximate surface area is 169 Å². The molecule has 4 heteroatoms. The average molecular weight is 382 g/mol. The van der Waals surface area contributed by atoms with Crippen LogP contribution < -0.4 is 11.5 Å². The largest absolute Gasteiger partial charge is 0.508 e. The van der Waals surface area contributed by atoms with Crippen LogP contribution in [0.3, 0.4) is 0 Å². The molecule has 4 rings (SSSR count). The summed E-state index contributed by atoms with van der Waals surface area (Å²) in [5, 5.41) is 21.2. The van der Waals surface area contributed by atoms with Crippen LogP contribution in [-0.4, -0.2) is 10.2 Å². The number of nitrogens with two attached hydrogens (primary N) is 2. The van der Waals surface area contributed by atoms with E-state index in [4.69, 9.17) is 11.5 Å². The van der Waals surface area contributed by atoms with Crippen molar-refractivity contribution in [2.45, 2.75) is 5.92 Å². The normalized spacial score (nSPS) is 10.9. The number of anilines is 2. The number of aromatic hydroxyl groups is 2. The molecule has 144 valence electrons. The molecule has 0 saturated carbocycles. The standard InChI is InChI=1S/C25H22N2O2/c26-19-10-12-21(23(28)14-19)25(22-13-11-20(27)15-24(22)29)18-8-6-17(7-9-18)16-4-2-1-3-5-16/h1-15,25,28-29H,26-27H2. The summed E-state index contributed by atoms with van der Waals surface area (Å²) in [7, 11) is 0. The molecule has 0 spiro atoms. The molecular weight excluding hydrogens is 360 g/mol. The molecule has 0 aliphatic rings. The van der Waals surface area contributed by atoms with E-state index in [1.165, 1.54) is 12.1 Å². The van der Waals surface area contributed by atoms with Crippen LogP contribution in [0.1, 0.15) is 22.6 Å². The van der Waals surface area contributed by atoms with Crippen LogP contribution in [0.2, 0.25) is 0 Å². The zero-order valence-corrected chi connectivity index (χ0v) is 15.8. The lowest BCUT2D eigenvalue weighted by molar-refractivity contribution is 0.459. The first kappa shape index (κ1) is 18.4. The topological polar surface area (TPSA) is 92.5 Å². The summed E-state index contributed by atoms with van der Waals surface area (Å²) in [5.74, 6) is -0.210. The summed E-state index contributed by atoms with van der Waals surface area (Å²) in [5.41, 5.74) is 17.1. The van der Waals surface area contributed by atoms with Crippen LogP contribution in [-0.2, 0) is 0 Å². The Morgan fingerprint density at radius 1 is 0.552 bits per heavy atom. The van der Waals surface area contributed by atoms with E-state index in [1.54, 1.807) is 24.3 Å². The summed E-state index contributed by atoms with van der Waals surface area (Å²) in [6.45, 7) is 0. The van der Waals surface area contributed by atoms with E-state index in [0.29, 0.717) is 22.5 Å². The first-order valence-electron chi connectivity index (χ1n) is 9.35. The minimum atomic E-state index is -0.374. The van der Waals surface area contributed by atoms with Crippen LogP contribution in [0.4, 0.5) is 11.4 Å². The Kier molecular flexibility index (Phi) is 4.83. The van der Waals surface area contributed by atoms with Gasteiger partial charge in [-0.15, -0.1) is 0 Å². The summed E-state index contributed by atoms with van der Waals surface area (Å²) < 4.78 is 0. The van der Waals surface area contributed by atoms with Crippen molar-refractivity contribution < 1.29 is 10.2 Å². The smallest absolute Gasteiger partial charge is 0.121 e. The quantitative estimate of drug-likeness (QED) is 0.291. The molecule has 0 amide bonds. The second-order valence-electron chi connectivity index (χ2n) is 7.06. The van der Waals surface area contributed by atoms with E-state index >= 15 is 0 Å². The van der Waals surface area contributed by atoms with Gasteiger partial charge in [0.25, 0.3) is 0 Å². The number of phenolic OH excluding ortho intramolecular Hbond substituents is 2. The minimum absolute atomic E-state index is 0.0818. The van der Waals surface area contributed by atoms with Crippen molar-refractivity contribution in [3.05, 3.63) is 108 Å². The van der Waals surface area contributed by atoms with E-state index < -0.39 is 0 Å². The van der Waals surface area contributed by atoms with Gasteiger partial charge in [0.15, 0.2) is 0 Å². The molecule has 0 bridgehead atoms. The van der Waals surface area contributed by atoms with E-state index in [-0.39, 0.29) is 17.4 Å². The zero-order valence-electron chi connectivity index (χ0n) is 15.8. The van der Waals surface area contributed by atoms with Crippen LogP contribution >= 0.6 is 0 Å². The fourth-order valence-electron chi connectivity index (χ4n) is 3.63. The van der Waals surface area contributed by atoms with E-state index in [0.717, 1.165) is 16.7 Å². The van der Waals surface area contributed by atoms with E-state index in [1.807, 2.05) is 42.5 Å². The number of rotatable bonds is 4. The Morgan fingerprint density at radius 2 is 1.03 bits per heavy atom. The summed E-state index contributed by atoms with van der Waals surface area (Å²) in [4.78, 5) is 0. The Bertz CT molecular complexity index is 1090. The van der Waals surface area contributed by atoms with Gasteiger partial charge < -0.3 is 21.7 Å². The van der Waals surface area contributed by atoms with Gasteiger partial charge in [-0.3, -0.25) is 0 Å². The van der Waals surface area contributed by atoms with Crippen LogP contribution in [0, 0.1) is 0 Å². The monoisotopic (exact) mass is 382 g/mol. The maximum absolute atomic E-state index is 10.6. The van der Waals surface area contributed by atoms with Gasteiger partial charge in [0, 0.05) is 40.6 Å². The van der Waals surface area contributed by atoms with Gasteiger partial charge in [0.2, 0.25) is 0 Å². The molecule has 0 fully saturated rings. The van der Waals surface area contributed by atoms with Crippen molar-refractivity contribution in [1.82, 2.24) is 0 Å². The lowest BCUT2D eigenvalue weighted by atomic mass is 9.83. The minimum Gasteiger partial charge on any atom is -0.508 e. The number of hydrogen-bond acceptors (Lipinski definition) is 4. The highest BCUT2D eigenvalue weighted by atomic mass is 16.3. The third-order valence-corrected chi connectivity index (χ3v) is 5.08. The number of benzene rings is 4. The summed E-state index contributed by atoms with van der Waals surface area (Å²) in [6.07, 6.45) is 0. The first-order valence-corrected chi connectivity index (χ1v) is 9.35. The van der Waals surface area contributed by atoms with Crippen molar-refractivity contribution in [1.29, 1.82) is 0 Å². The molecule has 0 atom stereocenters. The molecule has 0 heterocycles. The first-order chi connectivity index (χ1) is 14.0. The van der Waals surface area contributed by atoms with Crippen molar-refractivity contribution in [2.75, 3.05) is 11.5 Å². The van der Waals surface area contributed by atoms with Crippen molar-refractivity contribution in [3.8, 4) is 22.6 Å². The third-order valence-electron chi connectivity index (χ3n) is 5.08. The summed E-state index contributed by atoms with van der Waals surface area (Å²) >= 11 is 0. The van der Waals surface area contributed by atoms with Crippen molar-refractivity contribution in [3.63, 3.8) is 0 Å². The molecule has 29 heavy (non-hydrogen) atoms. The predicted octanol–water partition coefficient (Wildman–Crippen LogP) is 5.11. The van der Waals surface area contributed by atoms with Gasteiger partial charge in [-0.2, -0.15) is 0 Å². The predicted molar refractivity (Wildman–Crippen MR) is 118 cm³/mol. The van der Waals surface area contributed by atoms with E-state index in [9.17, 15) is 10.2 Å². The van der Waals surface area contributed by atoms with Crippen LogP contribution in [0.25, 0.3) is 11.1 Å². The Hall–Kier alpha value is -3.92. The van der Waals surface area contributed by atoms with Gasteiger partial charge >= 0.3 is 0 Å². The number of nitrogen functional groups attached to an aromatic ring is 2. The molecule has 4 aromatic carbocycles. The SMILES string of the molecule is Nc1ccc(C(c2ccc(-c3ccccc3)cc2)c2ccc(N)cc2O)c(O)c1. The maximum atomic E-state index is 10.6. The van der Waals surface area contributed by atoms with Crippen molar-refractivity contribution >= 4 is 11.4 Å². The fourth-order valence-corrected chi connectivity index (χ4v) is 3.63. The fraction of sp³-hybridized carbons (Fsp3) is 0.0400. The molecule has 6 N–H and O–H groups in total. The van der Waals surface area contributed by atoms with Crippen LogP contribution in [0.15, 0.2) is 91.0 Å². The Balaban J connectivity index is 1.84. The molecule has 4 nitrogen and oxygen atoms in total. The number of phenols is 2. The van der Waals surface area contributed by atoms with Crippen LogP contribution in [0.5, 0.6) is 11.5 Å². The molecule has 0 aromatic heterocycles. The van der Waals surface area contributed by atoms with E-state index in [2.05, 4.69) is 12.1 Å². The molecule has 4 aromatic rings. The Morgan fingerprint density at radius 3 is 1.52 bits per heavy atom. The molecule has 0 saturated heterocycles. The van der Waals surface area contributed by atoms with Gasteiger partial charge in [-0.1, -0.05) is 66.7 Å². The van der Waals surface area contributed by atoms with Gasteiger partial charge in [-0.25, -0.2) is 0 Å². The molecular formula is C25H22N2O2. The van der Waals surface area contributed by atoms with Gasteiger partial charge in [0.1, 0.15) is 11.5 Å². The summed E-state index contributed by atoms with van der Waals surface area (Å²) in [6, 6.07) is 28.3. The highest BCUT2D eigenvalue weighted by Gasteiger charge is 2.23. The maximum Gasteiger partial charge on any atom is 0.121 e. The molecule has 0 unspecified atom stereocenters.